The largest absolute Gasteiger partial charge is 0.497 e. The van der Waals surface area contributed by atoms with Gasteiger partial charge in [-0.1, -0.05) is 25.4 Å². The van der Waals surface area contributed by atoms with Crippen LogP contribution in [0.15, 0.2) is 53.5 Å². The average Bonchev–Trinajstić information content (AvgIpc) is 2.72. The summed E-state index contributed by atoms with van der Waals surface area (Å²) in [4.78, 5) is 7.43. The standard InChI is InChI=1S/C23H32ClN3O/c1-5-27(6-2)17-7-8-18(3)25-23(19-9-11-20(24)12-10-19)26-21-13-15-22(28-4)16-14-21/h9-16,18H,5-8,17H2,1-4H3,(H,25,26). The highest BCUT2D eigenvalue weighted by Gasteiger charge is 2.09. The number of nitrogens with one attached hydrogen (secondary N) is 1. The Kier molecular flexibility index (Phi) is 9.32. The lowest BCUT2D eigenvalue weighted by atomic mass is 10.1. The quantitative estimate of drug-likeness (QED) is 0.408. The van der Waals surface area contributed by atoms with Crippen molar-refractivity contribution < 1.29 is 4.74 Å². The molecule has 0 heterocycles. The molecule has 28 heavy (non-hydrogen) atoms. The van der Waals surface area contributed by atoms with E-state index in [1.165, 1.54) is 0 Å². The summed E-state index contributed by atoms with van der Waals surface area (Å²) in [6, 6.07) is 15.9. The van der Waals surface area contributed by atoms with Crippen molar-refractivity contribution in [2.24, 2.45) is 4.99 Å². The van der Waals surface area contributed by atoms with Crippen LogP contribution in [0.3, 0.4) is 0 Å². The molecular formula is C23H32ClN3O. The zero-order valence-electron chi connectivity index (χ0n) is 17.4. The van der Waals surface area contributed by atoms with Crippen LogP contribution in [0, 0.1) is 0 Å². The number of hydrogen-bond donors (Lipinski definition) is 1. The van der Waals surface area contributed by atoms with Crippen LogP contribution in [0.5, 0.6) is 5.75 Å². The van der Waals surface area contributed by atoms with E-state index < -0.39 is 0 Å². The van der Waals surface area contributed by atoms with Crippen molar-refractivity contribution in [1.29, 1.82) is 0 Å². The molecule has 2 rings (SSSR count). The van der Waals surface area contributed by atoms with E-state index in [1.54, 1.807) is 7.11 Å². The molecule has 0 aliphatic rings. The summed E-state index contributed by atoms with van der Waals surface area (Å²) in [6.45, 7) is 9.92. The first kappa shape index (κ1) is 22.3. The predicted molar refractivity (Wildman–Crippen MR) is 121 cm³/mol. The van der Waals surface area contributed by atoms with Crippen LogP contribution < -0.4 is 10.1 Å². The van der Waals surface area contributed by atoms with Crippen LogP contribution in [0.2, 0.25) is 5.02 Å². The summed E-state index contributed by atoms with van der Waals surface area (Å²) >= 11 is 6.06. The summed E-state index contributed by atoms with van der Waals surface area (Å²) in [5.41, 5.74) is 2.00. The molecule has 0 fully saturated rings. The summed E-state index contributed by atoms with van der Waals surface area (Å²) in [6.07, 6.45) is 2.20. The summed E-state index contributed by atoms with van der Waals surface area (Å²) in [5.74, 6) is 1.69. The Labute approximate surface area is 174 Å². The third kappa shape index (κ3) is 7.17. The predicted octanol–water partition coefficient (Wildman–Crippen LogP) is 5.72. The minimum Gasteiger partial charge on any atom is -0.497 e. The van der Waals surface area contributed by atoms with Crippen molar-refractivity contribution in [2.75, 3.05) is 32.1 Å². The van der Waals surface area contributed by atoms with E-state index in [2.05, 4.69) is 31.0 Å². The van der Waals surface area contributed by atoms with Gasteiger partial charge in [0, 0.05) is 22.3 Å². The molecule has 0 aliphatic heterocycles. The molecule has 0 bridgehead atoms. The first-order chi connectivity index (χ1) is 13.5. The maximum absolute atomic E-state index is 6.06. The Balaban J connectivity index is 2.12. The van der Waals surface area contributed by atoms with Crippen molar-refractivity contribution in [3.63, 3.8) is 0 Å². The number of anilines is 1. The Morgan fingerprint density at radius 2 is 1.71 bits per heavy atom. The SMILES string of the molecule is CCN(CC)CCCC(C)N=C(Nc1ccc(OC)cc1)c1ccc(Cl)cc1. The normalized spacial score (nSPS) is 12.9. The van der Waals surface area contributed by atoms with E-state index in [1.807, 2.05) is 48.5 Å². The van der Waals surface area contributed by atoms with Crippen molar-refractivity contribution in [3.05, 3.63) is 59.1 Å². The molecule has 5 heteroatoms. The summed E-state index contributed by atoms with van der Waals surface area (Å²) in [7, 11) is 1.67. The fraction of sp³-hybridized carbons (Fsp3) is 0.435. The van der Waals surface area contributed by atoms with E-state index >= 15 is 0 Å². The number of ether oxygens (including phenoxy) is 1. The lowest BCUT2D eigenvalue weighted by molar-refractivity contribution is 0.294. The Morgan fingerprint density at radius 3 is 2.29 bits per heavy atom. The highest BCUT2D eigenvalue weighted by Crippen LogP contribution is 2.18. The van der Waals surface area contributed by atoms with Gasteiger partial charge in [-0.2, -0.15) is 0 Å². The summed E-state index contributed by atoms with van der Waals surface area (Å²) < 4.78 is 5.24. The van der Waals surface area contributed by atoms with Gasteiger partial charge in [-0.25, -0.2) is 0 Å². The molecule has 4 nitrogen and oxygen atoms in total. The van der Waals surface area contributed by atoms with Crippen LogP contribution in [0.25, 0.3) is 0 Å². The smallest absolute Gasteiger partial charge is 0.132 e. The van der Waals surface area contributed by atoms with Crippen molar-refractivity contribution in [2.45, 2.75) is 39.7 Å². The molecule has 2 aromatic rings. The van der Waals surface area contributed by atoms with Gasteiger partial charge in [0.15, 0.2) is 0 Å². The number of hydrogen-bond acceptors (Lipinski definition) is 3. The number of rotatable bonds is 10. The zero-order valence-corrected chi connectivity index (χ0v) is 18.2. The van der Waals surface area contributed by atoms with Gasteiger partial charge in [0.2, 0.25) is 0 Å². The second kappa shape index (κ2) is 11.7. The molecular weight excluding hydrogens is 370 g/mol. The van der Waals surface area contributed by atoms with E-state index in [-0.39, 0.29) is 6.04 Å². The number of aliphatic imine (C=N–C) groups is 1. The van der Waals surface area contributed by atoms with E-state index in [0.29, 0.717) is 0 Å². The van der Waals surface area contributed by atoms with Gasteiger partial charge in [0.25, 0.3) is 0 Å². The van der Waals surface area contributed by atoms with E-state index in [4.69, 9.17) is 21.3 Å². The maximum Gasteiger partial charge on any atom is 0.132 e. The maximum atomic E-state index is 6.06. The Morgan fingerprint density at radius 1 is 1.07 bits per heavy atom. The van der Waals surface area contributed by atoms with Crippen molar-refractivity contribution in [1.82, 2.24) is 4.90 Å². The minimum absolute atomic E-state index is 0.229. The third-order valence-electron chi connectivity index (χ3n) is 4.81. The molecule has 0 aromatic heterocycles. The number of nitrogens with zero attached hydrogens (tertiary/aromatic N) is 2. The fourth-order valence-electron chi connectivity index (χ4n) is 3.03. The van der Waals surface area contributed by atoms with Gasteiger partial charge < -0.3 is 15.0 Å². The number of methoxy groups -OCH3 is 1. The monoisotopic (exact) mass is 401 g/mol. The minimum atomic E-state index is 0.229. The van der Waals surface area contributed by atoms with Gasteiger partial charge in [-0.15, -0.1) is 0 Å². The lowest BCUT2D eigenvalue weighted by Gasteiger charge is -2.19. The third-order valence-corrected chi connectivity index (χ3v) is 5.06. The van der Waals surface area contributed by atoms with E-state index in [9.17, 15) is 0 Å². The zero-order chi connectivity index (χ0) is 20.4. The average molecular weight is 402 g/mol. The molecule has 1 unspecified atom stereocenters. The second-order valence-corrected chi connectivity index (χ2v) is 7.29. The van der Waals surface area contributed by atoms with E-state index in [0.717, 1.165) is 60.3 Å². The first-order valence-electron chi connectivity index (χ1n) is 10.0. The number of amidine groups is 1. The molecule has 0 amide bonds. The number of benzene rings is 2. The topological polar surface area (TPSA) is 36.9 Å². The molecule has 0 aliphatic carbocycles. The highest BCUT2D eigenvalue weighted by atomic mass is 35.5. The van der Waals surface area contributed by atoms with Gasteiger partial charge in [0.1, 0.15) is 11.6 Å². The molecule has 2 aromatic carbocycles. The highest BCUT2D eigenvalue weighted by molar-refractivity contribution is 6.30. The molecule has 0 radical (unpaired) electrons. The molecule has 0 saturated heterocycles. The Bertz CT molecular complexity index is 725. The molecule has 1 atom stereocenters. The van der Waals surface area contributed by atoms with Gasteiger partial charge in [-0.05, 0) is 87.9 Å². The Hall–Kier alpha value is -2.04. The van der Waals surface area contributed by atoms with Crippen molar-refractivity contribution in [3.8, 4) is 5.75 Å². The molecule has 0 saturated carbocycles. The van der Waals surface area contributed by atoms with Crippen LogP contribution in [-0.2, 0) is 0 Å². The lowest BCUT2D eigenvalue weighted by Crippen LogP contribution is -2.24. The number of halogens is 1. The molecule has 152 valence electrons. The van der Waals surface area contributed by atoms with Gasteiger partial charge in [0.05, 0.1) is 7.11 Å². The van der Waals surface area contributed by atoms with Crippen LogP contribution in [-0.4, -0.2) is 43.5 Å². The van der Waals surface area contributed by atoms with Crippen molar-refractivity contribution >= 4 is 23.1 Å². The van der Waals surface area contributed by atoms with Gasteiger partial charge >= 0.3 is 0 Å². The van der Waals surface area contributed by atoms with Gasteiger partial charge in [-0.3, -0.25) is 4.99 Å². The fourth-order valence-corrected chi connectivity index (χ4v) is 3.16. The summed E-state index contributed by atoms with van der Waals surface area (Å²) in [5, 5.41) is 4.18. The first-order valence-corrected chi connectivity index (χ1v) is 10.4. The second-order valence-electron chi connectivity index (χ2n) is 6.86. The molecule has 0 spiro atoms. The molecule has 1 N–H and O–H groups in total. The van der Waals surface area contributed by atoms with Crippen LogP contribution >= 0.6 is 11.6 Å². The van der Waals surface area contributed by atoms with Crippen LogP contribution in [0.1, 0.15) is 39.2 Å². The van der Waals surface area contributed by atoms with Crippen LogP contribution in [0.4, 0.5) is 5.69 Å².